The molecule has 2 N–H and O–H groups in total. The van der Waals surface area contributed by atoms with Gasteiger partial charge in [-0.1, -0.05) is 0 Å². The summed E-state index contributed by atoms with van der Waals surface area (Å²) < 4.78 is 50.0. The van der Waals surface area contributed by atoms with Crippen molar-refractivity contribution in [3.05, 3.63) is 121 Å². The van der Waals surface area contributed by atoms with Crippen LogP contribution in [-0.4, -0.2) is 35.8 Å². The molecule has 0 bridgehead atoms. The van der Waals surface area contributed by atoms with Crippen molar-refractivity contribution >= 4 is 11.6 Å². The van der Waals surface area contributed by atoms with E-state index in [4.69, 9.17) is 4.74 Å². The first-order valence-electron chi connectivity index (χ1n) is 12.1. The van der Waals surface area contributed by atoms with Crippen molar-refractivity contribution in [1.29, 1.82) is 0 Å². The number of hydrogen-bond acceptors (Lipinski definition) is 7. The molecule has 11 nitrogen and oxygen atoms in total. The fraction of sp³-hybridized carbons (Fsp3) is 0.148. The van der Waals surface area contributed by atoms with E-state index in [1.165, 1.54) is 19.4 Å². The number of ether oxygens (including phenoxy) is 1. The molecule has 2 aromatic carbocycles. The van der Waals surface area contributed by atoms with Crippen molar-refractivity contribution < 1.29 is 17.9 Å². The summed E-state index contributed by atoms with van der Waals surface area (Å²) in [6.07, 6.45) is 4.74. The number of imidazole rings is 1. The van der Waals surface area contributed by atoms with Gasteiger partial charge >= 0.3 is 11.4 Å². The predicted molar refractivity (Wildman–Crippen MR) is 143 cm³/mol. The minimum Gasteiger partial charge on any atom is -0.497 e. The molecule has 0 saturated heterocycles. The van der Waals surface area contributed by atoms with E-state index in [0.717, 1.165) is 16.7 Å². The topological polar surface area (TPSA) is 129 Å². The van der Waals surface area contributed by atoms with Crippen LogP contribution in [0, 0.1) is 17.5 Å². The van der Waals surface area contributed by atoms with E-state index in [0.29, 0.717) is 27.3 Å². The monoisotopic (exact) mass is 565 g/mol. The second-order valence-electron chi connectivity index (χ2n) is 9.07. The van der Waals surface area contributed by atoms with Gasteiger partial charge in [0.1, 0.15) is 5.75 Å². The molecule has 5 aromatic rings. The van der Waals surface area contributed by atoms with Gasteiger partial charge in [0.15, 0.2) is 17.5 Å². The molecule has 0 fully saturated rings. The number of H-pyrrole nitrogens is 1. The van der Waals surface area contributed by atoms with Crippen molar-refractivity contribution in [3.63, 3.8) is 0 Å². The Labute approximate surface area is 229 Å². The number of anilines is 2. The summed E-state index contributed by atoms with van der Waals surface area (Å²) >= 11 is 0. The fourth-order valence-corrected chi connectivity index (χ4v) is 4.12. The molecule has 0 saturated carbocycles. The maximum atomic E-state index is 14.0. The van der Waals surface area contributed by atoms with Crippen LogP contribution in [0.2, 0.25) is 0 Å². The largest absolute Gasteiger partial charge is 0.497 e. The van der Waals surface area contributed by atoms with Crippen molar-refractivity contribution in [2.75, 3.05) is 12.4 Å². The zero-order chi connectivity index (χ0) is 29.3. The Morgan fingerprint density at radius 2 is 1.68 bits per heavy atom. The second kappa shape index (κ2) is 11.0. The number of aromatic nitrogens is 6. The highest BCUT2D eigenvalue weighted by molar-refractivity contribution is 5.58. The molecule has 0 spiro atoms. The van der Waals surface area contributed by atoms with Crippen LogP contribution >= 0.6 is 0 Å². The average Bonchev–Trinajstić information content (AvgIpc) is 3.39. The van der Waals surface area contributed by atoms with Crippen molar-refractivity contribution in [2.24, 2.45) is 7.05 Å². The van der Waals surface area contributed by atoms with Crippen LogP contribution < -0.4 is 27.0 Å². The van der Waals surface area contributed by atoms with Crippen molar-refractivity contribution in [3.8, 4) is 17.0 Å². The number of methoxy groups -OCH3 is 1. The third-order valence-corrected chi connectivity index (χ3v) is 6.19. The SMILES string of the molecule is COc1ccc(Nc2nc(=O)n(Cc3cc(-c4cn(C)cn4)c[nH]c3=O)c(=O)n2Cc2cc(F)c(F)c(F)c2)cc1. The first kappa shape index (κ1) is 27.2. The Kier molecular flexibility index (Phi) is 7.29. The van der Waals surface area contributed by atoms with E-state index in [2.05, 4.69) is 20.3 Å². The molecule has 3 aromatic heterocycles. The van der Waals surface area contributed by atoms with E-state index in [-0.39, 0.29) is 17.1 Å². The van der Waals surface area contributed by atoms with Gasteiger partial charge in [-0.05, 0) is 48.0 Å². The molecule has 0 aliphatic carbocycles. The molecule has 5 rings (SSSR count). The Bertz CT molecular complexity index is 1900. The number of rotatable bonds is 8. The lowest BCUT2D eigenvalue weighted by Crippen LogP contribution is -2.43. The van der Waals surface area contributed by atoms with Gasteiger partial charge < -0.3 is 19.6 Å². The minimum atomic E-state index is -1.66. The van der Waals surface area contributed by atoms with Crippen LogP contribution in [0.15, 0.2) is 75.6 Å². The number of nitrogens with one attached hydrogen (secondary N) is 2. The smallest absolute Gasteiger partial charge is 0.355 e. The van der Waals surface area contributed by atoms with Gasteiger partial charge in [-0.3, -0.25) is 9.36 Å². The van der Waals surface area contributed by atoms with Crippen LogP contribution in [0.3, 0.4) is 0 Å². The summed E-state index contributed by atoms with van der Waals surface area (Å²) in [5.74, 6) is -4.25. The molecule has 0 aliphatic rings. The summed E-state index contributed by atoms with van der Waals surface area (Å²) in [4.78, 5) is 50.1. The van der Waals surface area contributed by atoms with Gasteiger partial charge in [0.05, 0.1) is 32.2 Å². The number of nitrogens with zero attached hydrogens (tertiary/aromatic N) is 5. The molecule has 210 valence electrons. The number of benzene rings is 2. The number of halogens is 3. The average molecular weight is 566 g/mol. The van der Waals surface area contributed by atoms with Crippen LogP contribution in [0.5, 0.6) is 5.75 Å². The number of aryl methyl sites for hydroxylation is 1. The van der Waals surface area contributed by atoms with E-state index < -0.39 is 47.5 Å². The summed E-state index contributed by atoms with van der Waals surface area (Å²) in [6.45, 7) is -0.946. The predicted octanol–water partition coefficient (Wildman–Crippen LogP) is 2.76. The molecule has 0 unspecified atom stereocenters. The summed E-state index contributed by atoms with van der Waals surface area (Å²) in [5.41, 5.74) is -1.01. The summed E-state index contributed by atoms with van der Waals surface area (Å²) in [6, 6.07) is 9.40. The molecular weight excluding hydrogens is 543 g/mol. The van der Waals surface area contributed by atoms with Gasteiger partial charge in [-0.25, -0.2) is 32.3 Å². The molecule has 0 radical (unpaired) electrons. The van der Waals surface area contributed by atoms with Crippen LogP contribution in [0.1, 0.15) is 11.1 Å². The van der Waals surface area contributed by atoms with E-state index in [1.54, 1.807) is 48.4 Å². The second-order valence-corrected chi connectivity index (χ2v) is 9.07. The molecule has 3 heterocycles. The zero-order valence-corrected chi connectivity index (χ0v) is 21.7. The van der Waals surface area contributed by atoms with Gasteiger partial charge in [-0.15, -0.1) is 0 Å². The summed E-state index contributed by atoms with van der Waals surface area (Å²) in [5, 5.41) is 2.84. The van der Waals surface area contributed by atoms with Gasteiger partial charge in [0, 0.05) is 36.3 Å². The lowest BCUT2D eigenvalue weighted by atomic mass is 10.1. The minimum absolute atomic E-state index is 0.0652. The first-order valence-corrected chi connectivity index (χ1v) is 12.1. The van der Waals surface area contributed by atoms with Gasteiger partial charge in [-0.2, -0.15) is 4.98 Å². The highest BCUT2D eigenvalue weighted by Gasteiger charge is 2.18. The van der Waals surface area contributed by atoms with E-state index in [9.17, 15) is 27.6 Å². The molecule has 14 heteroatoms. The van der Waals surface area contributed by atoms with Crippen LogP contribution in [0.4, 0.5) is 24.8 Å². The molecular formula is C27H22F3N7O4. The Morgan fingerprint density at radius 3 is 2.32 bits per heavy atom. The third kappa shape index (κ3) is 5.66. The molecule has 0 amide bonds. The lowest BCUT2D eigenvalue weighted by molar-refractivity contribution is 0.415. The lowest BCUT2D eigenvalue weighted by Gasteiger charge is -2.16. The quantitative estimate of drug-likeness (QED) is 0.277. The Balaban J connectivity index is 1.60. The van der Waals surface area contributed by atoms with Crippen molar-refractivity contribution in [2.45, 2.75) is 13.1 Å². The van der Waals surface area contributed by atoms with E-state index in [1.807, 2.05) is 0 Å². The Hall–Kier alpha value is -5.40. The van der Waals surface area contributed by atoms with E-state index >= 15 is 0 Å². The molecule has 41 heavy (non-hydrogen) atoms. The standard InChI is InChI=1S/C27H22F3N7O4/c1-35-13-22(32-14-35)16-9-17(24(38)31-10-16)12-37-26(39)34-25(33-18-3-5-19(41-2)6-4-18)36(27(37)40)11-15-7-20(28)23(30)21(29)8-15/h3-10,13-14H,11-12H2,1-2H3,(H,31,38)(H,33,34,39). The molecule has 0 atom stereocenters. The third-order valence-electron chi connectivity index (χ3n) is 6.19. The number of hydrogen-bond donors (Lipinski definition) is 2. The maximum absolute atomic E-state index is 14.0. The Morgan fingerprint density at radius 1 is 0.976 bits per heavy atom. The maximum Gasteiger partial charge on any atom is 0.355 e. The fourth-order valence-electron chi connectivity index (χ4n) is 4.12. The first-order chi connectivity index (χ1) is 19.6. The summed E-state index contributed by atoms with van der Waals surface area (Å²) in [7, 11) is 3.26. The van der Waals surface area contributed by atoms with Gasteiger partial charge in [0.25, 0.3) is 5.56 Å². The van der Waals surface area contributed by atoms with Crippen LogP contribution in [-0.2, 0) is 20.1 Å². The van der Waals surface area contributed by atoms with Crippen LogP contribution in [0.25, 0.3) is 11.3 Å². The number of aromatic amines is 1. The normalized spacial score (nSPS) is 11.0. The van der Waals surface area contributed by atoms with Crippen molar-refractivity contribution in [1.82, 2.24) is 28.7 Å². The van der Waals surface area contributed by atoms with Gasteiger partial charge in [0.2, 0.25) is 5.95 Å². The molecule has 0 aliphatic heterocycles. The zero-order valence-electron chi connectivity index (χ0n) is 21.7. The highest BCUT2D eigenvalue weighted by atomic mass is 19.2. The number of pyridine rings is 1. The highest BCUT2D eigenvalue weighted by Crippen LogP contribution is 2.20.